The van der Waals surface area contributed by atoms with E-state index in [0.29, 0.717) is 0 Å². The molecule has 64 valence electrons. The van der Waals surface area contributed by atoms with Crippen molar-refractivity contribution >= 4 is 0 Å². The van der Waals surface area contributed by atoms with Gasteiger partial charge in [-0.2, -0.15) is 4.98 Å². The van der Waals surface area contributed by atoms with Gasteiger partial charge < -0.3 is 4.57 Å². The van der Waals surface area contributed by atoms with Crippen LogP contribution in [0.2, 0.25) is 0 Å². The number of nitrogens with zero attached hydrogens (tertiary/aromatic N) is 2. The van der Waals surface area contributed by atoms with Crippen LogP contribution in [-0.2, 0) is 13.0 Å². The van der Waals surface area contributed by atoms with Crippen molar-refractivity contribution in [2.24, 2.45) is 0 Å². The van der Waals surface area contributed by atoms with Crippen LogP contribution < -0.4 is 5.56 Å². The highest BCUT2D eigenvalue weighted by molar-refractivity contribution is 4.95. The van der Waals surface area contributed by atoms with E-state index in [1.54, 1.807) is 0 Å². The summed E-state index contributed by atoms with van der Waals surface area (Å²) >= 11 is 0. The molecule has 1 aliphatic heterocycles. The van der Waals surface area contributed by atoms with Crippen molar-refractivity contribution in [3.63, 3.8) is 0 Å². The van der Waals surface area contributed by atoms with Crippen molar-refractivity contribution < 1.29 is 0 Å². The van der Waals surface area contributed by atoms with E-state index < -0.39 is 0 Å². The lowest BCUT2D eigenvalue weighted by Crippen LogP contribution is -2.14. The third-order valence-electron chi connectivity index (χ3n) is 2.27. The van der Waals surface area contributed by atoms with Gasteiger partial charge in [0.25, 0.3) is 5.56 Å². The highest BCUT2D eigenvalue weighted by Crippen LogP contribution is 2.10. The van der Waals surface area contributed by atoms with Gasteiger partial charge in [-0.1, -0.05) is 6.42 Å². The molecule has 0 unspecified atom stereocenters. The Bertz CT molecular complexity index is 330. The smallest absolute Gasteiger partial charge is 0.272 e. The molecule has 0 N–H and O–H groups in total. The number of rotatable bonds is 0. The average Bonchev–Trinajstić information content (AvgIpc) is 2.28. The number of hydrogen-bond acceptors (Lipinski definition) is 2. The Kier molecular flexibility index (Phi) is 1.94. The normalized spacial score (nSPS) is 16.7. The second-order valence-electron chi connectivity index (χ2n) is 3.19. The molecule has 1 aromatic rings. The Labute approximate surface area is 71.1 Å². The minimum absolute atomic E-state index is 0.108. The van der Waals surface area contributed by atoms with E-state index in [-0.39, 0.29) is 5.56 Å². The average molecular weight is 164 g/mol. The molecular formula is C9H12N2O. The Hall–Kier alpha value is -1.12. The largest absolute Gasteiger partial charge is 0.336 e. The first kappa shape index (κ1) is 7.53. The zero-order valence-electron chi connectivity index (χ0n) is 6.99. The lowest BCUT2D eigenvalue weighted by Gasteiger charge is -2.06. The molecule has 0 spiro atoms. The van der Waals surface area contributed by atoms with Crippen LogP contribution in [0.1, 0.15) is 25.1 Å². The fourth-order valence-electron chi connectivity index (χ4n) is 1.61. The molecule has 0 saturated heterocycles. The quantitative estimate of drug-likeness (QED) is 0.572. The van der Waals surface area contributed by atoms with Crippen LogP contribution in [0.25, 0.3) is 0 Å². The molecule has 0 atom stereocenters. The number of fused-ring (bicyclic) bond motifs is 1. The molecule has 3 heteroatoms. The SMILES string of the molecule is O=c1ccn2c(n1)CCCCC2. The predicted molar refractivity (Wildman–Crippen MR) is 46.1 cm³/mol. The van der Waals surface area contributed by atoms with Crippen molar-refractivity contribution in [2.75, 3.05) is 0 Å². The molecule has 0 aliphatic carbocycles. The van der Waals surface area contributed by atoms with Gasteiger partial charge in [-0.15, -0.1) is 0 Å². The van der Waals surface area contributed by atoms with Gasteiger partial charge in [0, 0.05) is 25.2 Å². The molecule has 1 aliphatic rings. The number of hydrogen-bond donors (Lipinski definition) is 0. The van der Waals surface area contributed by atoms with Crippen molar-refractivity contribution in [2.45, 2.75) is 32.2 Å². The van der Waals surface area contributed by atoms with Crippen LogP contribution in [0.5, 0.6) is 0 Å². The summed E-state index contributed by atoms with van der Waals surface area (Å²) in [4.78, 5) is 14.9. The van der Waals surface area contributed by atoms with Crippen LogP contribution in [0.15, 0.2) is 17.1 Å². The van der Waals surface area contributed by atoms with Crippen molar-refractivity contribution in [3.05, 3.63) is 28.4 Å². The van der Waals surface area contributed by atoms with Gasteiger partial charge >= 0.3 is 0 Å². The van der Waals surface area contributed by atoms with Gasteiger partial charge in [-0.25, -0.2) is 0 Å². The summed E-state index contributed by atoms with van der Waals surface area (Å²) in [6.45, 7) is 1.02. The zero-order chi connectivity index (χ0) is 8.39. The van der Waals surface area contributed by atoms with Crippen LogP contribution in [0.3, 0.4) is 0 Å². The third kappa shape index (κ3) is 1.40. The Morgan fingerprint density at radius 3 is 3.17 bits per heavy atom. The molecule has 2 heterocycles. The topological polar surface area (TPSA) is 34.9 Å². The number of aromatic nitrogens is 2. The maximum absolute atomic E-state index is 10.9. The van der Waals surface area contributed by atoms with Gasteiger partial charge in [-0.3, -0.25) is 4.79 Å². The van der Waals surface area contributed by atoms with Crippen LogP contribution in [0.4, 0.5) is 0 Å². The summed E-state index contributed by atoms with van der Waals surface area (Å²) in [5.41, 5.74) is -0.108. The van der Waals surface area contributed by atoms with Crippen LogP contribution >= 0.6 is 0 Å². The van der Waals surface area contributed by atoms with E-state index in [1.165, 1.54) is 18.9 Å². The van der Waals surface area contributed by atoms with Gasteiger partial charge in [0.05, 0.1) is 0 Å². The molecule has 3 nitrogen and oxygen atoms in total. The first-order chi connectivity index (χ1) is 5.86. The van der Waals surface area contributed by atoms with Gasteiger partial charge in [0.15, 0.2) is 0 Å². The summed E-state index contributed by atoms with van der Waals surface area (Å²) < 4.78 is 2.09. The Morgan fingerprint density at radius 1 is 1.33 bits per heavy atom. The Morgan fingerprint density at radius 2 is 2.25 bits per heavy atom. The monoisotopic (exact) mass is 164 g/mol. The van der Waals surface area contributed by atoms with Crippen LogP contribution in [0, 0.1) is 0 Å². The first-order valence-electron chi connectivity index (χ1n) is 4.42. The molecule has 0 radical (unpaired) electrons. The van der Waals surface area contributed by atoms with Gasteiger partial charge in [0.1, 0.15) is 5.82 Å². The maximum atomic E-state index is 10.9. The molecule has 2 rings (SSSR count). The van der Waals surface area contributed by atoms with E-state index in [9.17, 15) is 4.79 Å². The molecule has 0 fully saturated rings. The minimum atomic E-state index is -0.108. The summed E-state index contributed by atoms with van der Waals surface area (Å²) in [6.07, 6.45) is 6.43. The zero-order valence-corrected chi connectivity index (χ0v) is 6.99. The molecule has 12 heavy (non-hydrogen) atoms. The van der Waals surface area contributed by atoms with E-state index in [4.69, 9.17) is 0 Å². The molecule has 1 aromatic heterocycles. The fraction of sp³-hybridized carbons (Fsp3) is 0.556. The van der Waals surface area contributed by atoms with E-state index in [2.05, 4.69) is 9.55 Å². The molecule has 0 bridgehead atoms. The summed E-state index contributed by atoms with van der Waals surface area (Å²) in [5.74, 6) is 0.958. The second-order valence-corrected chi connectivity index (χ2v) is 3.19. The van der Waals surface area contributed by atoms with E-state index >= 15 is 0 Å². The molecule has 0 amide bonds. The minimum Gasteiger partial charge on any atom is -0.336 e. The lowest BCUT2D eigenvalue weighted by atomic mass is 10.2. The van der Waals surface area contributed by atoms with Gasteiger partial charge in [0.2, 0.25) is 0 Å². The maximum Gasteiger partial charge on any atom is 0.272 e. The van der Waals surface area contributed by atoms with E-state index in [0.717, 1.165) is 25.2 Å². The molecule has 0 aromatic carbocycles. The molecular weight excluding hydrogens is 152 g/mol. The first-order valence-corrected chi connectivity index (χ1v) is 4.42. The standard InChI is InChI=1S/C9H12N2O/c12-9-5-7-11-6-3-1-2-4-8(11)10-9/h5,7H,1-4,6H2. The summed E-state index contributed by atoms with van der Waals surface area (Å²) in [6, 6.07) is 1.54. The van der Waals surface area contributed by atoms with E-state index in [1.807, 2.05) is 6.20 Å². The van der Waals surface area contributed by atoms with Gasteiger partial charge in [-0.05, 0) is 12.8 Å². The summed E-state index contributed by atoms with van der Waals surface area (Å²) in [5, 5.41) is 0. The fourth-order valence-corrected chi connectivity index (χ4v) is 1.61. The highest BCUT2D eigenvalue weighted by Gasteiger charge is 2.06. The lowest BCUT2D eigenvalue weighted by molar-refractivity contribution is 0.623. The predicted octanol–water partition coefficient (Wildman–Crippen LogP) is 0.970. The highest BCUT2D eigenvalue weighted by atomic mass is 16.1. The molecule has 0 saturated carbocycles. The second kappa shape index (κ2) is 3.09. The third-order valence-corrected chi connectivity index (χ3v) is 2.27. The van der Waals surface area contributed by atoms with Crippen molar-refractivity contribution in [1.82, 2.24) is 9.55 Å². The Balaban J connectivity index is 2.43. The van der Waals surface area contributed by atoms with Crippen molar-refractivity contribution in [1.29, 1.82) is 0 Å². The summed E-state index contributed by atoms with van der Waals surface area (Å²) in [7, 11) is 0. The number of aryl methyl sites for hydroxylation is 2. The van der Waals surface area contributed by atoms with Crippen LogP contribution in [-0.4, -0.2) is 9.55 Å². The van der Waals surface area contributed by atoms with Crippen molar-refractivity contribution in [3.8, 4) is 0 Å².